The topological polar surface area (TPSA) is 109 Å². The average Bonchev–Trinajstić information content (AvgIpc) is 2.36. The summed E-state index contributed by atoms with van der Waals surface area (Å²) in [4.78, 5) is 23.9. The van der Waals surface area contributed by atoms with Crippen molar-refractivity contribution >= 4 is 16.6 Å². The highest BCUT2D eigenvalue weighted by atomic mass is 19.4. The molecule has 1 N–H and O–H groups in total. The van der Waals surface area contributed by atoms with Crippen molar-refractivity contribution in [3.05, 3.63) is 44.2 Å². The zero-order valence-electron chi connectivity index (χ0n) is 9.89. The van der Waals surface area contributed by atoms with E-state index >= 15 is 0 Å². The number of benzene rings is 1. The molecule has 1 heterocycles. The lowest BCUT2D eigenvalue weighted by Crippen LogP contribution is -2.18. The minimum Gasteiger partial charge on any atom is -0.398 e. The maximum absolute atomic E-state index is 12.2. The number of fused-ring (bicyclic) bond motifs is 1. The molecule has 21 heavy (non-hydrogen) atoms. The molecule has 0 saturated carbocycles. The zero-order valence-corrected chi connectivity index (χ0v) is 9.89. The molecule has 1 aromatic carbocycles. The first-order valence-corrected chi connectivity index (χ1v) is 5.22. The van der Waals surface area contributed by atoms with Crippen LogP contribution in [0.1, 0.15) is 5.56 Å². The Labute approximate surface area is 113 Å². The third kappa shape index (κ3) is 2.76. The average molecular weight is 299 g/mol. The Morgan fingerprint density at radius 3 is 2.57 bits per heavy atom. The van der Waals surface area contributed by atoms with Gasteiger partial charge in [-0.05, 0) is 0 Å². The standard InChI is InChI=1S/C11H4F3N3O4/c12-11(13,14)21-9-2-7-6(1-8(9)17(19)20)10(18)5(3-15)4-16-7/h1-2,4H,(H,16,18). The minimum atomic E-state index is -5.12. The fraction of sp³-hybridized carbons (Fsp3) is 0.0909. The highest BCUT2D eigenvalue weighted by Crippen LogP contribution is 2.34. The van der Waals surface area contributed by atoms with Crippen LogP contribution >= 0.6 is 0 Å². The Morgan fingerprint density at radius 2 is 2.05 bits per heavy atom. The fourth-order valence-electron chi connectivity index (χ4n) is 1.67. The lowest BCUT2D eigenvalue weighted by atomic mass is 10.1. The number of alkyl halides is 3. The van der Waals surface area contributed by atoms with E-state index in [9.17, 15) is 28.1 Å². The SMILES string of the molecule is N#Cc1c[nH]c2cc(OC(F)(F)F)c([N+](=O)[O-])cc2c1=O. The molecule has 1 aromatic heterocycles. The molecule has 0 aliphatic carbocycles. The molecule has 10 heteroatoms. The third-order valence-electron chi connectivity index (χ3n) is 2.50. The van der Waals surface area contributed by atoms with Crippen LogP contribution in [0.2, 0.25) is 0 Å². The van der Waals surface area contributed by atoms with Crippen molar-refractivity contribution in [3.63, 3.8) is 0 Å². The zero-order chi connectivity index (χ0) is 15.8. The molecule has 2 rings (SSSR count). The molecular formula is C11H4F3N3O4. The van der Waals surface area contributed by atoms with Crippen LogP contribution in [-0.4, -0.2) is 16.3 Å². The van der Waals surface area contributed by atoms with E-state index in [0.717, 1.165) is 6.20 Å². The van der Waals surface area contributed by atoms with Crippen LogP contribution in [0.15, 0.2) is 23.1 Å². The van der Waals surface area contributed by atoms with Gasteiger partial charge in [0.1, 0.15) is 11.6 Å². The molecule has 0 aliphatic rings. The number of ether oxygens (including phenoxy) is 1. The fourth-order valence-corrected chi connectivity index (χ4v) is 1.67. The summed E-state index contributed by atoms with van der Waals surface area (Å²) in [7, 11) is 0. The largest absolute Gasteiger partial charge is 0.573 e. The third-order valence-corrected chi connectivity index (χ3v) is 2.50. The van der Waals surface area contributed by atoms with Gasteiger partial charge in [-0.1, -0.05) is 0 Å². The summed E-state index contributed by atoms with van der Waals surface area (Å²) in [6.07, 6.45) is -4.13. The Kier molecular flexibility index (Phi) is 3.26. The Balaban J connectivity index is 2.78. The molecule has 0 radical (unpaired) electrons. The van der Waals surface area contributed by atoms with E-state index in [1.165, 1.54) is 0 Å². The van der Waals surface area contributed by atoms with Crippen LogP contribution in [0.25, 0.3) is 10.9 Å². The number of nitriles is 1. The lowest BCUT2D eigenvalue weighted by molar-refractivity contribution is -0.388. The molecular weight excluding hydrogens is 295 g/mol. The highest BCUT2D eigenvalue weighted by Gasteiger charge is 2.34. The van der Waals surface area contributed by atoms with Crippen molar-refractivity contribution in [1.82, 2.24) is 4.98 Å². The lowest BCUT2D eigenvalue weighted by Gasteiger charge is -2.10. The quantitative estimate of drug-likeness (QED) is 0.675. The van der Waals surface area contributed by atoms with Gasteiger partial charge >= 0.3 is 12.0 Å². The molecule has 0 aliphatic heterocycles. The number of rotatable bonds is 2. The summed E-state index contributed by atoms with van der Waals surface area (Å²) in [5.41, 5.74) is -2.29. The van der Waals surface area contributed by atoms with Crippen molar-refractivity contribution in [3.8, 4) is 11.8 Å². The number of hydrogen-bond donors (Lipinski definition) is 1. The van der Waals surface area contributed by atoms with E-state index in [1.54, 1.807) is 6.07 Å². The summed E-state index contributed by atoms with van der Waals surface area (Å²) in [5.74, 6) is -1.06. The van der Waals surface area contributed by atoms with Gasteiger partial charge in [-0.2, -0.15) is 5.26 Å². The molecule has 0 spiro atoms. The number of nitrogens with one attached hydrogen (secondary N) is 1. The van der Waals surface area contributed by atoms with Gasteiger partial charge in [0.2, 0.25) is 11.2 Å². The van der Waals surface area contributed by atoms with Crippen molar-refractivity contribution in [2.24, 2.45) is 0 Å². The van der Waals surface area contributed by atoms with E-state index in [0.29, 0.717) is 12.1 Å². The number of nitro benzene ring substituents is 1. The molecule has 0 amide bonds. The smallest absolute Gasteiger partial charge is 0.398 e. The predicted octanol–water partition coefficient (Wildman–Crippen LogP) is 2.21. The molecule has 0 saturated heterocycles. The number of aromatic amines is 1. The van der Waals surface area contributed by atoms with Gasteiger partial charge in [-0.15, -0.1) is 13.2 Å². The van der Waals surface area contributed by atoms with E-state index in [1.807, 2.05) is 0 Å². The van der Waals surface area contributed by atoms with Crippen LogP contribution < -0.4 is 10.2 Å². The monoisotopic (exact) mass is 299 g/mol. The normalized spacial score (nSPS) is 11.1. The summed E-state index contributed by atoms with van der Waals surface area (Å²) in [6.45, 7) is 0. The van der Waals surface area contributed by atoms with Gasteiger partial charge in [0.25, 0.3) is 0 Å². The first kappa shape index (κ1) is 14.3. The van der Waals surface area contributed by atoms with Crippen LogP contribution in [0.3, 0.4) is 0 Å². The molecule has 0 fully saturated rings. The number of hydrogen-bond acceptors (Lipinski definition) is 5. The molecule has 0 unspecified atom stereocenters. The Morgan fingerprint density at radius 1 is 1.38 bits per heavy atom. The van der Waals surface area contributed by atoms with E-state index in [2.05, 4.69) is 9.72 Å². The molecule has 108 valence electrons. The number of aromatic nitrogens is 1. The molecule has 0 atom stereocenters. The minimum absolute atomic E-state index is 0.121. The second kappa shape index (κ2) is 4.78. The van der Waals surface area contributed by atoms with Gasteiger partial charge in [-0.25, -0.2) is 0 Å². The van der Waals surface area contributed by atoms with Crippen molar-refractivity contribution in [2.45, 2.75) is 6.36 Å². The first-order chi connectivity index (χ1) is 9.73. The van der Waals surface area contributed by atoms with Crippen LogP contribution in [0.5, 0.6) is 5.75 Å². The van der Waals surface area contributed by atoms with Crippen molar-refractivity contribution in [1.29, 1.82) is 5.26 Å². The Hall–Kier alpha value is -3.09. The van der Waals surface area contributed by atoms with Gasteiger partial charge in [0.15, 0.2) is 0 Å². The van der Waals surface area contributed by atoms with Crippen LogP contribution in [0, 0.1) is 21.4 Å². The number of pyridine rings is 1. The first-order valence-electron chi connectivity index (χ1n) is 5.22. The molecule has 7 nitrogen and oxygen atoms in total. The van der Waals surface area contributed by atoms with Crippen molar-refractivity contribution in [2.75, 3.05) is 0 Å². The summed E-state index contributed by atoms with van der Waals surface area (Å²) >= 11 is 0. The van der Waals surface area contributed by atoms with Gasteiger partial charge in [0, 0.05) is 18.3 Å². The number of nitro groups is 1. The maximum atomic E-state index is 12.2. The second-order valence-electron chi connectivity index (χ2n) is 3.81. The maximum Gasteiger partial charge on any atom is 0.573 e. The van der Waals surface area contributed by atoms with Crippen LogP contribution in [0.4, 0.5) is 18.9 Å². The Bertz CT molecular complexity index is 835. The van der Waals surface area contributed by atoms with E-state index < -0.39 is 28.2 Å². The number of halogens is 3. The van der Waals surface area contributed by atoms with Crippen LogP contribution in [-0.2, 0) is 0 Å². The van der Waals surface area contributed by atoms with E-state index in [-0.39, 0.29) is 16.5 Å². The number of nitrogens with zero attached hydrogens (tertiary/aromatic N) is 2. The highest BCUT2D eigenvalue weighted by molar-refractivity contribution is 5.84. The predicted molar refractivity (Wildman–Crippen MR) is 62.6 cm³/mol. The summed E-state index contributed by atoms with van der Waals surface area (Å²) in [5, 5.41) is 19.2. The molecule has 2 aromatic rings. The molecule has 0 bridgehead atoms. The second-order valence-corrected chi connectivity index (χ2v) is 3.81. The summed E-state index contributed by atoms with van der Waals surface area (Å²) < 4.78 is 40.2. The van der Waals surface area contributed by atoms with Gasteiger partial charge < -0.3 is 9.72 Å². The number of H-pyrrole nitrogens is 1. The van der Waals surface area contributed by atoms with E-state index in [4.69, 9.17) is 5.26 Å². The van der Waals surface area contributed by atoms with Gasteiger partial charge in [0.05, 0.1) is 15.8 Å². The summed E-state index contributed by atoms with van der Waals surface area (Å²) in [6, 6.07) is 2.88. The van der Waals surface area contributed by atoms with Crippen molar-refractivity contribution < 1.29 is 22.8 Å². The van der Waals surface area contributed by atoms with Gasteiger partial charge in [-0.3, -0.25) is 14.9 Å².